The predicted octanol–water partition coefficient (Wildman–Crippen LogP) is 0.997. The van der Waals surface area contributed by atoms with Gasteiger partial charge in [-0.25, -0.2) is 0 Å². The first-order chi connectivity index (χ1) is 6.25. The molecule has 0 aromatic carbocycles. The van der Waals surface area contributed by atoms with Gasteiger partial charge in [0.05, 0.1) is 0 Å². The van der Waals surface area contributed by atoms with E-state index in [1.54, 1.807) is 6.92 Å². The molecule has 76 valence electrons. The predicted molar refractivity (Wildman–Crippen MR) is 53.6 cm³/mol. The number of carbonyl (C=O) groups is 1. The molecule has 1 rings (SSSR count). The molecule has 1 aliphatic rings. The van der Waals surface area contributed by atoms with E-state index in [0.717, 1.165) is 19.5 Å². The molecule has 0 spiro atoms. The second-order valence-corrected chi connectivity index (χ2v) is 3.75. The van der Waals surface area contributed by atoms with Gasteiger partial charge in [-0.1, -0.05) is 0 Å². The quantitative estimate of drug-likeness (QED) is 0.661. The average molecular weight is 184 g/mol. The number of nitrogens with zero attached hydrogens (tertiary/aromatic N) is 1. The molecule has 0 aromatic rings. The van der Waals surface area contributed by atoms with Gasteiger partial charge in [0.15, 0.2) is 0 Å². The van der Waals surface area contributed by atoms with E-state index in [-0.39, 0.29) is 5.91 Å². The van der Waals surface area contributed by atoms with Crippen molar-refractivity contribution in [1.82, 2.24) is 10.2 Å². The first-order valence-electron chi connectivity index (χ1n) is 5.17. The van der Waals surface area contributed by atoms with Crippen molar-refractivity contribution in [1.29, 1.82) is 0 Å². The summed E-state index contributed by atoms with van der Waals surface area (Å²) in [6, 6.07) is 0.519. The molecule has 1 N–H and O–H groups in total. The second-order valence-electron chi connectivity index (χ2n) is 3.75. The fourth-order valence-electron chi connectivity index (χ4n) is 2.06. The molecule has 13 heavy (non-hydrogen) atoms. The summed E-state index contributed by atoms with van der Waals surface area (Å²) in [5, 5.41) is 3.13. The lowest BCUT2D eigenvalue weighted by Crippen LogP contribution is -2.33. The molecule has 1 saturated heterocycles. The van der Waals surface area contributed by atoms with Crippen LogP contribution in [0.2, 0.25) is 0 Å². The Morgan fingerprint density at radius 3 is 3.00 bits per heavy atom. The van der Waals surface area contributed by atoms with Crippen molar-refractivity contribution >= 4 is 5.91 Å². The van der Waals surface area contributed by atoms with Crippen LogP contribution in [0.3, 0.4) is 0 Å². The van der Waals surface area contributed by atoms with E-state index < -0.39 is 0 Å². The van der Waals surface area contributed by atoms with Gasteiger partial charge in [0.1, 0.15) is 0 Å². The van der Waals surface area contributed by atoms with Gasteiger partial charge in [0.2, 0.25) is 5.91 Å². The number of hydrogen-bond acceptors (Lipinski definition) is 2. The molecule has 0 radical (unpaired) electrons. The van der Waals surface area contributed by atoms with E-state index in [9.17, 15) is 4.79 Å². The number of hydrogen-bond donors (Lipinski definition) is 1. The maximum atomic E-state index is 11.2. The Bertz CT molecular complexity index is 170. The van der Waals surface area contributed by atoms with Crippen molar-refractivity contribution in [3.63, 3.8) is 0 Å². The minimum absolute atomic E-state index is 0.243. The van der Waals surface area contributed by atoms with Crippen molar-refractivity contribution in [2.75, 3.05) is 20.1 Å². The van der Waals surface area contributed by atoms with E-state index in [1.807, 2.05) is 11.9 Å². The lowest BCUT2D eigenvalue weighted by atomic mass is 10.1. The van der Waals surface area contributed by atoms with Gasteiger partial charge >= 0.3 is 0 Å². The summed E-state index contributed by atoms with van der Waals surface area (Å²) in [5.74, 6) is 0.243. The van der Waals surface area contributed by atoms with Gasteiger partial charge in [0, 0.05) is 19.5 Å². The van der Waals surface area contributed by atoms with Crippen LogP contribution in [-0.2, 0) is 4.79 Å². The molecule has 1 unspecified atom stereocenters. The van der Waals surface area contributed by atoms with Crippen LogP contribution in [0, 0.1) is 0 Å². The third kappa shape index (κ3) is 2.99. The molecule has 1 amide bonds. The fraction of sp³-hybridized carbons (Fsp3) is 0.900. The van der Waals surface area contributed by atoms with Crippen molar-refractivity contribution in [2.45, 2.75) is 38.6 Å². The fourth-order valence-corrected chi connectivity index (χ4v) is 2.06. The summed E-state index contributed by atoms with van der Waals surface area (Å²) >= 11 is 0. The van der Waals surface area contributed by atoms with Crippen LogP contribution in [0.1, 0.15) is 32.6 Å². The molecule has 0 bridgehead atoms. The first-order valence-corrected chi connectivity index (χ1v) is 5.17. The number of nitrogens with one attached hydrogen (secondary N) is 1. The van der Waals surface area contributed by atoms with Crippen LogP contribution in [0.25, 0.3) is 0 Å². The molecule has 0 saturated carbocycles. The lowest BCUT2D eigenvalue weighted by molar-refractivity contribution is -0.129. The SMILES string of the molecule is CNCCCC1CCCN1C(C)=O. The average Bonchev–Trinajstić information content (AvgIpc) is 2.53. The Labute approximate surface area is 80.5 Å². The van der Waals surface area contributed by atoms with Crippen molar-refractivity contribution < 1.29 is 4.79 Å². The zero-order valence-electron chi connectivity index (χ0n) is 8.68. The summed E-state index contributed by atoms with van der Waals surface area (Å²) < 4.78 is 0. The van der Waals surface area contributed by atoms with Crippen LogP contribution in [-0.4, -0.2) is 37.0 Å². The van der Waals surface area contributed by atoms with E-state index in [4.69, 9.17) is 0 Å². The molecular weight excluding hydrogens is 164 g/mol. The summed E-state index contributed by atoms with van der Waals surface area (Å²) in [4.78, 5) is 13.2. The van der Waals surface area contributed by atoms with Gasteiger partial charge in [-0.3, -0.25) is 4.79 Å². The first kappa shape index (κ1) is 10.5. The van der Waals surface area contributed by atoms with Gasteiger partial charge in [-0.2, -0.15) is 0 Å². The zero-order valence-corrected chi connectivity index (χ0v) is 8.68. The van der Waals surface area contributed by atoms with E-state index >= 15 is 0 Å². The van der Waals surface area contributed by atoms with E-state index in [2.05, 4.69) is 5.32 Å². The van der Waals surface area contributed by atoms with Crippen LogP contribution < -0.4 is 5.32 Å². The minimum Gasteiger partial charge on any atom is -0.340 e. The van der Waals surface area contributed by atoms with Gasteiger partial charge in [-0.05, 0) is 39.3 Å². The van der Waals surface area contributed by atoms with Gasteiger partial charge in [0.25, 0.3) is 0 Å². The van der Waals surface area contributed by atoms with Crippen molar-refractivity contribution in [3.05, 3.63) is 0 Å². The largest absolute Gasteiger partial charge is 0.340 e. The summed E-state index contributed by atoms with van der Waals surface area (Å²) in [6.45, 7) is 3.71. The maximum Gasteiger partial charge on any atom is 0.219 e. The monoisotopic (exact) mass is 184 g/mol. The Morgan fingerprint density at radius 1 is 1.62 bits per heavy atom. The Hall–Kier alpha value is -0.570. The molecule has 1 aliphatic heterocycles. The van der Waals surface area contributed by atoms with Crippen LogP contribution >= 0.6 is 0 Å². The number of amides is 1. The summed E-state index contributed by atoms with van der Waals surface area (Å²) in [5.41, 5.74) is 0. The number of carbonyl (C=O) groups excluding carboxylic acids is 1. The molecule has 3 heteroatoms. The van der Waals surface area contributed by atoms with Gasteiger partial charge < -0.3 is 10.2 Å². The third-order valence-electron chi connectivity index (χ3n) is 2.75. The van der Waals surface area contributed by atoms with Crippen LogP contribution in [0.4, 0.5) is 0 Å². The zero-order chi connectivity index (χ0) is 9.68. The molecule has 1 atom stereocenters. The van der Waals surface area contributed by atoms with Crippen LogP contribution in [0.5, 0.6) is 0 Å². The summed E-state index contributed by atoms with van der Waals surface area (Å²) in [7, 11) is 1.97. The number of likely N-dealkylation sites (tertiary alicyclic amines) is 1. The molecule has 0 aliphatic carbocycles. The van der Waals surface area contributed by atoms with Crippen LogP contribution in [0.15, 0.2) is 0 Å². The smallest absolute Gasteiger partial charge is 0.219 e. The lowest BCUT2D eigenvalue weighted by Gasteiger charge is -2.23. The standard InChI is InChI=1S/C10H20N2O/c1-9(13)12-8-4-6-10(12)5-3-7-11-2/h10-11H,3-8H2,1-2H3. The highest BCUT2D eigenvalue weighted by molar-refractivity contribution is 5.73. The van der Waals surface area contributed by atoms with Gasteiger partial charge in [-0.15, -0.1) is 0 Å². The normalized spacial score (nSPS) is 22.3. The third-order valence-corrected chi connectivity index (χ3v) is 2.75. The summed E-state index contributed by atoms with van der Waals surface area (Å²) in [6.07, 6.45) is 4.71. The molecular formula is C10H20N2O. The Morgan fingerprint density at radius 2 is 2.38 bits per heavy atom. The highest BCUT2D eigenvalue weighted by Gasteiger charge is 2.25. The number of rotatable bonds is 4. The van der Waals surface area contributed by atoms with E-state index in [1.165, 1.54) is 19.3 Å². The molecule has 1 fully saturated rings. The topological polar surface area (TPSA) is 32.3 Å². The molecule has 1 heterocycles. The van der Waals surface area contributed by atoms with Crippen molar-refractivity contribution in [3.8, 4) is 0 Å². The molecule has 3 nitrogen and oxygen atoms in total. The second kappa shape index (κ2) is 5.22. The van der Waals surface area contributed by atoms with E-state index in [0.29, 0.717) is 6.04 Å². The Kier molecular flexibility index (Phi) is 4.22. The van der Waals surface area contributed by atoms with Crippen molar-refractivity contribution in [2.24, 2.45) is 0 Å². The highest BCUT2D eigenvalue weighted by atomic mass is 16.2. The minimum atomic E-state index is 0.243. The highest BCUT2D eigenvalue weighted by Crippen LogP contribution is 2.20. The Balaban J connectivity index is 2.27. The maximum absolute atomic E-state index is 11.2. The molecule has 0 aromatic heterocycles.